The molecule has 0 radical (unpaired) electrons. The number of rotatable bonds is 3. The molecule has 0 bridgehead atoms. The number of aryl methyl sites for hydroxylation is 1. The molecule has 3 N–H and O–H groups in total. The van der Waals surface area contributed by atoms with E-state index < -0.39 is 0 Å². The lowest BCUT2D eigenvalue weighted by Crippen LogP contribution is -1.97. The molecular weight excluding hydrogens is 204 g/mol. The third-order valence-corrected chi connectivity index (χ3v) is 3.17. The molecule has 0 atom stereocenters. The average Bonchev–Trinajstić information content (AvgIpc) is 2.64. The summed E-state index contributed by atoms with van der Waals surface area (Å²) in [5.74, 6) is 0. The molecule has 0 aliphatic heterocycles. The van der Waals surface area contributed by atoms with Crippen molar-refractivity contribution in [1.29, 1.82) is 0 Å². The Kier molecular flexibility index (Phi) is 2.92. The zero-order valence-electron chi connectivity index (χ0n) is 8.66. The van der Waals surface area contributed by atoms with E-state index in [2.05, 4.69) is 24.4 Å². The van der Waals surface area contributed by atoms with Crippen molar-refractivity contribution in [1.82, 2.24) is 0 Å². The highest BCUT2D eigenvalue weighted by Gasteiger charge is 1.96. The van der Waals surface area contributed by atoms with Crippen LogP contribution in [0, 0.1) is 6.92 Å². The van der Waals surface area contributed by atoms with E-state index in [0.717, 1.165) is 17.9 Å². The van der Waals surface area contributed by atoms with Crippen LogP contribution in [0.3, 0.4) is 0 Å². The van der Waals surface area contributed by atoms with Crippen LogP contribution >= 0.6 is 11.3 Å². The molecule has 0 saturated carbocycles. The number of anilines is 2. The van der Waals surface area contributed by atoms with E-state index in [1.165, 1.54) is 9.75 Å². The quantitative estimate of drug-likeness (QED) is 0.776. The molecule has 0 amide bonds. The van der Waals surface area contributed by atoms with E-state index in [1.54, 1.807) is 0 Å². The van der Waals surface area contributed by atoms with Crippen molar-refractivity contribution in [2.45, 2.75) is 13.5 Å². The molecule has 0 aliphatic carbocycles. The van der Waals surface area contributed by atoms with E-state index in [4.69, 9.17) is 5.73 Å². The van der Waals surface area contributed by atoms with Gasteiger partial charge in [0.25, 0.3) is 0 Å². The van der Waals surface area contributed by atoms with Crippen molar-refractivity contribution < 1.29 is 0 Å². The minimum atomic E-state index is 0.799. The first-order valence-corrected chi connectivity index (χ1v) is 5.70. The Hall–Kier alpha value is -1.48. The zero-order chi connectivity index (χ0) is 10.7. The molecule has 1 aromatic carbocycles. The van der Waals surface area contributed by atoms with Crippen LogP contribution in [0.5, 0.6) is 0 Å². The van der Waals surface area contributed by atoms with Crippen molar-refractivity contribution in [3.8, 4) is 0 Å². The highest BCUT2D eigenvalue weighted by molar-refractivity contribution is 7.11. The van der Waals surface area contributed by atoms with Gasteiger partial charge in [0.2, 0.25) is 0 Å². The summed E-state index contributed by atoms with van der Waals surface area (Å²) in [7, 11) is 0. The Morgan fingerprint density at radius 3 is 2.47 bits per heavy atom. The molecule has 78 valence electrons. The van der Waals surface area contributed by atoms with Gasteiger partial charge in [0, 0.05) is 27.7 Å². The second-order valence-corrected chi connectivity index (χ2v) is 4.86. The lowest BCUT2D eigenvalue weighted by atomic mass is 10.3. The van der Waals surface area contributed by atoms with Crippen LogP contribution in [0.4, 0.5) is 11.4 Å². The zero-order valence-corrected chi connectivity index (χ0v) is 9.47. The van der Waals surface area contributed by atoms with Gasteiger partial charge >= 0.3 is 0 Å². The maximum Gasteiger partial charge on any atom is 0.0494 e. The second-order valence-electron chi connectivity index (χ2n) is 3.49. The summed E-state index contributed by atoms with van der Waals surface area (Å²) in [6.45, 7) is 3.00. The Morgan fingerprint density at radius 1 is 1.13 bits per heavy atom. The smallest absolute Gasteiger partial charge is 0.0494 e. The van der Waals surface area contributed by atoms with Gasteiger partial charge in [0.05, 0.1) is 0 Å². The van der Waals surface area contributed by atoms with E-state index in [0.29, 0.717) is 0 Å². The van der Waals surface area contributed by atoms with Crippen LogP contribution in [-0.4, -0.2) is 0 Å². The SMILES string of the molecule is Cc1ccc(CNc2ccc(N)cc2)s1. The van der Waals surface area contributed by atoms with Crippen LogP contribution in [0.2, 0.25) is 0 Å². The van der Waals surface area contributed by atoms with Crippen molar-refractivity contribution in [3.05, 3.63) is 46.2 Å². The van der Waals surface area contributed by atoms with Crippen LogP contribution < -0.4 is 11.1 Å². The highest BCUT2D eigenvalue weighted by atomic mass is 32.1. The van der Waals surface area contributed by atoms with Crippen LogP contribution in [-0.2, 0) is 6.54 Å². The van der Waals surface area contributed by atoms with Crippen LogP contribution in [0.15, 0.2) is 36.4 Å². The number of nitrogen functional groups attached to an aromatic ring is 1. The summed E-state index contributed by atoms with van der Waals surface area (Å²) in [6.07, 6.45) is 0. The molecule has 0 aliphatic rings. The lowest BCUT2D eigenvalue weighted by molar-refractivity contribution is 1.19. The largest absolute Gasteiger partial charge is 0.399 e. The van der Waals surface area contributed by atoms with Gasteiger partial charge in [0.1, 0.15) is 0 Å². The maximum atomic E-state index is 5.61. The lowest BCUT2D eigenvalue weighted by Gasteiger charge is -2.04. The summed E-state index contributed by atoms with van der Waals surface area (Å²) in [6, 6.07) is 12.1. The Morgan fingerprint density at radius 2 is 1.87 bits per heavy atom. The fourth-order valence-corrected chi connectivity index (χ4v) is 2.20. The summed E-state index contributed by atoms with van der Waals surface area (Å²) >= 11 is 1.82. The van der Waals surface area contributed by atoms with Crippen molar-refractivity contribution >= 4 is 22.7 Å². The van der Waals surface area contributed by atoms with Crippen molar-refractivity contribution in [3.63, 3.8) is 0 Å². The van der Waals surface area contributed by atoms with E-state index in [9.17, 15) is 0 Å². The number of hydrogen-bond donors (Lipinski definition) is 2. The third kappa shape index (κ3) is 2.73. The van der Waals surface area contributed by atoms with Gasteiger partial charge in [-0.2, -0.15) is 0 Å². The highest BCUT2D eigenvalue weighted by Crippen LogP contribution is 2.17. The van der Waals surface area contributed by atoms with Crippen LogP contribution in [0.25, 0.3) is 0 Å². The molecular formula is C12H14N2S. The Labute approximate surface area is 93.7 Å². The fourth-order valence-electron chi connectivity index (χ4n) is 1.37. The normalized spacial score (nSPS) is 10.2. The van der Waals surface area contributed by atoms with Crippen molar-refractivity contribution in [2.75, 3.05) is 11.1 Å². The predicted octanol–water partition coefficient (Wildman–Crippen LogP) is 3.25. The molecule has 2 nitrogen and oxygen atoms in total. The fraction of sp³-hybridized carbons (Fsp3) is 0.167. The first-order chi connectivity index (χ1) is 7.24. The first kappa shape index (κ1) is 10.1. The summed E-state index contributed by atoms with van der Waals surface area (Å²) in [5, 5.41) is 3.36. The van der Waals surface area contributed by atoms with Gasteiger partial charge in [-0.15, -0.1) is 11.3 Å². The molecule has 1 aromatic heterocycles. The van der Waals surface area contributed by atoms with Gasteiger partial charge in [-0.3, -0.25) is 0 Å². The average molecular weight is 218 g/mol. The van der Waals surface area contributed by atoms with E-state index in [-0.39, 0.29) is 0 Å². The number of thiophene rings is 1. The van der Waals surface area contributed by atoms with Gasteiger partial charge in [0.15, 0.2) is 0 Å². The molecule has 1 heterocycles. The molecule has 3 heteroatoms. The maximum absolute atomic E-state index is 5.61. The molecule has 2 rings (SSSR count). The molecule has 2 aromatic rings. The number of hydrogen-bond acceptors (Lipinski definition) is 3. The number of nitrogens with one attached hydrogen (secondary N) is 1. The van der Waals surface area contributed by atoms with E-state index in [1.807, 2.05) is 35.6 Å². The van der Waals surface area contributed by atoms with Gasteiger partial charge in [-0.1, -0.05) is 0 Å². The molecule has 0 saturated heterocycles. The first-order valence-electron chi connectivity index (χ1n) is 4.89. The monoisotopic (exact) mass is 218 g/mol. The third-order valence-electron chi connectivity index (χ3n) is 2.17. The standard InChI is InChI=1S/C12H14N2S/c1-9-2-7-12(15-9)8-14-11-5-3-10(13)4-6-11/h2-7,14H,8,13H2,1H3. The molecule has 15 heavy (non-hydrogen) atoms. The molecule has 0 unspecified atom stereocenters. The minimum absolute atomic E-state index is 0.799. The van der Waals surface area contributed by atoms with Crippen LogP contribution in [0.1, 0.15) is 9.75 Å². The summed E-state index contributed by atoms with van der Waals surface area (Å²) in [4.78, 5) is 2.70. The Balaban J connectivity index is 1.96. The Bertz CT molecular complexity index is 431. The predicted molar refractivity (Wildman–Crippen MR) is 67.2 cm³/mol. The number of benzene rings is 1. The van der Waals surface area contributed by atoms with E-state index >= 15 is 0 Å². The second kappa shape index (κ2) is 4.36. The topological polar surface area (TPSA) is 38.0 Å². The van der Waals surface area contributed by atoms with Gasteiger partial charge in [-0.05, 0) is 43.3 Å². The van der Waals surface area contributed by atoms with Gasteiger partial charge < -0.3 is 11.1 Å². The number of nitrogens with two attached hydrogens (primary N) is 1. The molecule has 0 fully saturated rings. The summed E-state index contributed by atoms with van der Waals surface area (Å²) in [5.41, 5.74) is 7.52. The summed E-state index contributed by atoms with van der Waals surface area (Å²) < 4.78 is 0. The molecule has 0 spiro atoms. The van der Waals surface area contributed by atoms with Gasteiger partial charge in [-0.25, -0.2) is 0 Å². The van der Waals surface area contributed by atoms with Crippen molar-refractivity contribution in [2.24, 2.45) is 0 Å². The minimum Gasteiger partial charge on any atom is -0.399 e.